The van der Waals surface area contributed by atoms with E-state index in [0.29, 0.717) is 5.75 Å². The number of aryl methyl sites for hydroxylation is 2. The summed E-state index contributed by atoms with van der Waals surface area (Å²) in [5, 5.41) is 2.08. The quantitative estimate of drug-likeness (QED) is 0.648. The Labute approximate surface area is 152 Å². The van der Waals surface area contributed by atoms with Gasteiger partial charge in [-0.1, -0.05) is 48.2 Å². The van der Waals surface area contributed by atoms with E-state index in [1.54, 1.807) is 0 Å². The smallest absolute Gasteiger partial charge is 0.237 e. The minimum Gasteiger partial charge on any atom is -0.311 e. The minimum absolute atomic E-state index is 0.157. The van der Waals surface area contributed by atoms with Gasteiger partial charge in [0.15, 0.2) is 0 Å². The normalized spacial score (nSPS) is 13.7. The summed E-state index contributed by atoms with van der Waals surface area (Å²) in [4.78, 5) is 19.4. The Morgan fingerprint density at radius 1 is 1.16 bits per heavy atom. The molecular formula is C21H20N2OS. The lowest BCUT2D eigenvalue weighted by Crippen LogP contribution is -2.36. The maximum atomic E-state index is 12.8. The first-order valence-corrected chi connectivity index (χ1v) is 9.58. The third kappa shape index (κ3) is 3.27. The summed E-state index contributed by atoms with van der Waals surface area (Å²) >= 11 is 1.52. The number of carbonyl (C=O) groups is 1. The minimum atomic E-state index is 0.157. The summed E-state index contributed by atoms with van der Waals surface area (Å²) < 4.78 is 0. The molecule has 2 heterocycles. The van der Waals surface area contributed by atoms with Gasteiger partial charge in [-0.3, -0.25) is 4.79 Å². The second-order valence-corrected chi connectivity index (χ2v) is 7.36. The van der Waals surface area contributed by atoms with E-state index in [-0.39, 0.29) is 5.91 Å². The van der Waals surface area contributed by atoms with Gasteiger partial charge in [-0.05, 0) is 49.1 Å². The van der Waals surface area contributed by atoms with E-state index in [1.807, 2.05) is 35.2 Å². The Bertz CT molecular complexity index is 938. The van der Waals surface area contributed by atoms with Crippen molar-refractivity contribution in [1.82, 2.24) is 4.98 Å². The average molecular weight is 348 g/mol. The molecule has 3 aromatic rings. The molecule has 25 heavy (non-hydrogen) atoms. The van der Waals surface area contributed by atoms with Crippen molar-refractivity contribution in [2.24, 2.45) is 0 Å². The number of nitrogens with zero attached hydrogens (tertiary/aromatic N) is 2. The summed E-state index contributed by atoms with van der Waals surface area (Å²) in [6, 6.07) is 18.4. The molecule has 0 atom stereocenters. The summed E-state index contributed by atoms with van der Waals surface area (Å²) in [7, 11) is 0. The molecule has 2 aromatic carbocycles. The van der Waals surface area contributed by atoms with Crippen LogP contribution >= 0.6 is 11.8 Å². The van der Waals surface area contributed by atoms with E-state index in [2.05, 4.69) is 36.2 Å². The highest BCUT2D eigenvalue weighted by Crippen LogP contribution is 2.29. The number of benzene rings is 2. The highest BCUT2D eigenvalue weighted by atomic mass is 32.2. The summed E-state index contributed by atoms with van der Waals surface area (Å²) in [5.74, 6) is 0.573. The summed E-state index contributed by atoms with van der Waals surface area (Å²) in [6.45, 7) is 2.90. The van der Waals surface area contributed by atoms with Crippen molar-refractivity contribution < 1.29 is 4.79 Å². The lowest BCUT2D eigenvalue weighted by atomic mass is 10.0. The molecule has 4 heteroatoms. The number of para-hydroxylation sites is 2. The predicted octanol–water partition coefficient (Wildman–Crippen LogP) is 4.61. The number of hydrogen-bond donors (Lipinski definition) is 0. The Balaban J connectivity index is 1.51. The van der Waals surface area contributed by atoms with Crippen molar-refractivity contribution in [2.45, 2.75) is 24.8 Å². The second-order valence-electron chi connectivity index (χ2n) is 6.36. The Hall–Kier alpha value is -2.33. The second kappa shape index (κ2) is 6.89. The van der Waals surface area contributed by atoms with E-state index in [4.69, 9.17) is 0 Å². The molecule has 1 aromatic heterocycles. The van der Waals surface area contributed by atoms with E-state index in [9.17, 15) is 4.79 Å². The molecule has 3 nitrogen and oxygen atoms in total. The number of pyridine rings is 1. The third-order valence-corrected chi connectivity index (χ3v) is 5.55. The molecule has 1 aliphatic heterocycles. The van der Waals surface area contributed by atoms with Crippen molar-refractivity contribution in [1.29, 1.82) is 0 Å². The van der Waals surface area contributed by atoms with Crippen molar-refractivity contribution in [3.05, 3.63) is 65.7 Å². The predicted molar refractivity (Wildman–Crippen MR) is 104 cm³/mol. The van der Waals surface area contributed by atoms with Crippen LogP contribution in [0, 0.1) is 6.92 Å². The van der Waals surface area contributed by atoms with Gasteiger partial charge in [0.25, 0.3) is 0 Å². The van der Waals surface area contributed by atoms with E-state index < -0.39 is 0 Å². The lowest BCUT2D eigenvalue weighted by molar-refractivity contribution is -0.116. The molecule has 126 valence electrons. The maximum Gasteiger partial charge on any atom is 0.237 e. The topological polar surface area (TPSA) is 33.2 Å². The Morgan fingerprint density at radius 3 is 2.88 bits per heavy atom. The van der Waals surface area contributed by atoms with Crippen LogP contribution in [0.2, 0.25) is 0 Å². The van der Waals surface area contributed by atoms with Crippen LogP contribution in [0.5, 0.6) is 0 Å². The SMILES string of the molecule is Cc1cc(SCC(=O)N2CCCc3ccccc32)nc2ccccc12. The molecule has 0 bridgehead atoms. The first-order chi connectivity index (χ1) is 12.2. The number of carbonyl (C=O) groups excluding carboxylic acids is 1. The highest BCUT2D eigenvalue weighted by molar-refractivity contribution is 7.99. The molecule has 0 unspecified atom stereocenters. The number of thioether (sulfide) groups is 1. The van der Waals surface area contributed by atoms with Gasteiger partial charge >= 0.3 is 0 Å². The highest BCUT2D eigenvalue weighted by Gasteiger charge is 2.22. The van der Waals surface area contributed by atoms with Crippen LogP contribution < -0.4 is 4.90 Å². The van der Waals surface area contributed by atoms with Gasteiger partial charge in [0.2, 0.25) is 5.91 Å². The van der Waals surface area contributed by atoms with Gasteiger partial charge < -0.3 is 4.90 Å². The number of anilines is 1. The molecule has 0 radical (unpaired) electrons. The molecule has 0 fully saturated rings. The van der Waals surface area contributed by atoms with Gasteiger partial charge in [-0.15, -0.1) is 0 Å². The zero-order valence-corrected chi connectivity index (χ0v) is 15.1. The molecule has 1 amide bonds. The molecule has 0 spiro atoms. The van der Waals surface area contributed by atoms with Crippen molar-refractivity contribution in [3.8, 4) is 0 Å². The monoisotopic (exact) mass is 348 g/mol. The van der Waals surface area contributed by atoms with E-state index in [0.717, 1.165) is 35.6 Å². The zero-order valence-electron chi connectivity index (χ0n) is 14.2. The summed E-state index contributed by atoms with van der Waals surface area (Å²) in [6.07, 6.45) is 2.08. The van der Waals surface area contributed by atoms with Crippen molar-refractivity contribution in [2.75, 3.05) is 17.2 Å². The van der Waals surface area contributed by atoms with Gasteiger partial charge in [-0.2, -0.15) is 0 Å². The first kappa shape index (κ1) is 16.2. The fourth-order valence-electron chi connectivity index (χ4n) is 3.40. The lowest BCUT2D eigenvalue weighted by Gasteiger charge is -2.29. The fraction of sp³-hybridized carbons (Fsp3) is 0.238. The van der Waals surface area contributed by atoms with Crippen LogP contribution in [-0.2, 0) is 11.2 Å². The van der Waals surface area contributed by atoms with Gasteiger partial charge in [0, 0.05) is 17.6 Å². The number of hydrogen-bond acceptors (Lipinski definition) is 3. The van der Waals surface area contributed by atoms with Crippen LogP contribution in [0.25, 0.3) is 10.9 Å². The first-order valence-electron chi connectivity index (χ1n) is 8.60. The van der Waals surface area contributed by atoms with Crippen LogP contribution in [0.15, 0.2) is 59.6 Å². The number of fused-ring (bicyclic) bond motifs is 2. The largest absolute Gasteiger partial charge is 0.311 e. The Kier molecular flexibility index (Phi) is 4.45. The van der Waals surface area contributed by atoms with Crippen LogP contribution in [0.4, 0.5) is 5.69 Å². The van der Waals surface area contributed by atoms with Crippen LogP contribution in [-0.4, -0.2) is 23.2 Å². The Morgan fingerprint density at radius 2 is 1.96 bits per heavy atom. The number of rotatable bonds is 3. The molecular weight excluding hydrogens is 328 g/mol. The maximum absolute atomic E-state index is 12.8. The molecule has 0 N–H and O–H groups in total. The van der Waals surface area contributed by atoms with E-state index >= 15 is 0 Å². The standard InChI is InChI=1S/C21H20N2OS/c1-15-13-20(22-18-10-4-3-9-17(15)18)25-14-21(24)23-12-6-8-16-7-2-5-11-19(16)23/h2-5,7,9-11,13H,6,8,12,14H2,1H3. The van der Waals surface area contributed by atoms with Gasteiger partial charge in [0.1, 0.15) is 0 Å². The van der Waals surface area contributed by atoms with Crippen molar-refractivity contribution in [3.63, 3.8) is 0 Å². The van der Waals surface area contributed by atoms with Crippen molar-refractivity contribution >= 4 is 34.3 Å². The van der Waals surface area contributed by atoms with Crippen LogP contribution in [0.1, 0.15) is 17.5 Å². The summed E-state index contributed by atoms with van der Waals surface area (Å²) in [5.41, 5.74) is 4.53. The fourth-order valence-corrected chi connectivity index (χ4v) is 4.25. The van der Waals surface area contributed by atoms with Gasteiger partial charge in [0.05, 0.1) is 16.3 Å². The molecule has 1 aliphatic rings. The molecule has 0 aliphatic carbocycles. The van der Waals surface area contributed by atoms with E-state index in [1.165, 1.54) is 28.3 Å². The zero-order chi connectivity index (χ0) is 17.2. The molecule has 4 rings (SSSR count). The van der Waals surface area contributed by atoms with Crippen LogP contribution in [0.3, 0.4) is 0 Å². The number of aromatic nitrogens is 1. The molecule has 0 saturated heterocycles. The molecule has 0 saturated carbocycles. The van der Waals surface area contributed by atoms with Gasteiger partial charge in [-0.25, -0.2) is 4.98 Å². The number of amides is 1. The average Bonchev–Trinajstić information content (AvgIpc) is 2.66. The third-order valence-electron chi connectivity index (χ3n) is 4.65.